The van der Waals surface area contributed by atoms with Gasteiger partial charge in [-0.05, 0) is 24.6 Å². The lowest BCUT2D eigenvalue weighted by molar-refractivity contribution is 0.557. The van der Waals surface area contributed by atoms with Gasteiger partial charge in [-0.1, -0.05) is 6.92 Å². The van der Waals surface area contributed by atoms with E-state index >= 15 is 0 Å². The first-order valence-corrected chi connectivity index (χ1v) is 6.49. The molecule has 0 aromatic carbocycles. The summed E-state index contributed by atoms with van der Waals surface area (Å²) >= 11 is 1.66. The maximum atomic E-state index is 5.94. The lowest BCUT2D eigenvalue weighted by Crippen LogP contribution is -2.22. The van der Waals surface area contributed by atoms with Crippen LogP contribution in [-0.4, -0.2) is 16.5 Å². The highest BCUT2D eigenvalue weighted by atomic mass is 32.1. The standard InChI is InChI=1S/C12H16N4S/c1-2-16-11(12-7-15-8-17-12)5-9-6-14-4-3-10(9)13/h3-4,6-8,11,16H,2,5H2,1H3,(H2,13,14). The van der Waals surface area contributed by atoms with Crippen LogP contribution in [0.3, 0.4) is 0 Å². The first-order valence-electron chi connectivity index (χ1n) is 5.61. The second-order valence-corrected chi connectivity index (χ2v) is 4.71. The highest BCUT2D eigenvalue weighted by Crippen LogP contribution is 2.23. The Balaban J connectivity index is 2.16. The van der Waals surface area contributed by atoms with Gasteiger partial charge in [-0.2, -0.15) is 0 Å². The largest absolute Gasteiger partial charge is 0.398 e. The summed E-state index contributed by atoms with van der Waals surface area (Å²) in [6.45, 7) is 3.02. The van der Waals surface area contributed by atoms with Crippen molar-refractivity contribution in [2.24, 2.45) is 0 Å². The van der Waals surface area contributed by atoms with E-state index in [0.717, 1.165) is 24.2 Å². The van der Waals surface area contributed by atoms with Gasteiger partial charge in [0.2, 0.25) is 0 Å². The molecule has 2 aromatic heterocycles. The summed E-state index contributed by atoms with van der Waals surface area (Å²) in [5.74, 6) is 0. The van der Waals surface area contributed by atoms with E-state index in [4.69, 9.17) is 5.73 Å². The van der Waals surface area contributed by atoms with Gasteiger partial charge in [-0.25, -0.2) is 0 Å². The minimum Gasteiger partial charge on any atom is -0.398 e. The SMILES string of the molecule is CCNC(Cc1cnccc1N)c1cncs1. The van der Waals surface area contributed by atoms with E-state index in [1.807, 2.05) is 24.0 Å². The average Bonchev–Trinajstić information content (AvgIpc) is 2.85. The summed E-state index contributed by atoms with van der Waals surface area (Å²) in [5, 5.41) is 3.45. The van der Waals surface area contributed by atoms with Crippen molar-refractivity contribution in [2.75, 3.05) is 12.3 Å². The average molecular weight is 248 g/mol. The molecule has 0 fully saturated rings. The zero-order valence-electron chi connectivity index (χ0n) is 9.76. The van der Waals surface area contributed by atoms with Crippen molar-refractivity contribution < 1.29 is 0 Å². The minimum atomic E-state index is 0.263. The van der Waals surface area contributed by atoms with Crippen LogP contribution in [0.5, 0.6) is 0 Å². The molecule has 5 heteroatoms. The number of thiazole rings is 1. The molecule has 0 aliphatic rings. The van der Waals surface area contributed by atoms with Crippen LogP contribution >= 0.6 is 11.3 Å². The molecule has 2 aromatic rings. The fourth-order valence-electron chi connectivity index (χ4n) is 1.75. The highest BCUT2D eigenvalue weighted by molar-refractivity contribution is 7.09. The Morgan fingerprint density at radius 2 is 2.29 bits per heavy atom. The van der Waals surface area contributed by atoms with Gasteiger partial charge in [-0.3, -0.25) is 9.97 Å². The summed E-state index contributed by atoms with van der Waals surface area (Å²) in [7, 11) is 0. The molecule has 0 amide bonds. The molecule has 0 saturated carbocycles. The van der Waals surface area contributed by atoms with Gasteiger partial charge in [0.25, 0.3) is 0 Å². The number of nitrogens with two attached hydrogens (primary N) is 1. The molecule has 17 heavy (non-hydrogen) atoms. The Bertz CT molecular complexity index is 455. The van der Waals surface area contributed by atoms with Gasteiger partial charge >= 0.3 is 0 Å². The van der Waals surface area contributed by atoms with Gasteiger partial charge in [0.15, 0.2) is 0 Å². The van der Waals surface area contributed by atoms with E-state index in [-0.39, 0.29) is 6.04 Å². The topological polar surface area (TPSA) is 63.8 Å². The lowest BCUT2D eigenvalue weighted by atomic mass is 10.1. The summed E-state index contributed by atoms with van der Waals surface area (Å²) < 4.78 is 0. The number of hydrogen-bond acceptors (Lipinski definition) is 5. The van der Waals surface area contributed by atoms with Gasteiger partial charge < -0.3 is 11.1 Å². The summed E-state index contributed by atoms with van der Waals surface area (Å²) in [6, 6.07) is 2.10. The third-order valence-electron chi connectivity index (χ3n) is 2.61. The second kappa shape index (κ2) is 5.75. The fraction of sp³-hybridized carbons (Fsp3) is 0.333. The van der Waals surface area contributed by atoms with Gasteiger partial charge in [0.1, 0.15) is 0 Å². The Morgan fingerprint density at radius 1 is 1.41 bits per heavy atom. The van der Waals surface area contributed by atoms with Crippen molar-refractivity contribution in [1.29, 1.82) is 0 Å². The number of pyridine rings is 1. The van der Waals surface area contributed by atoms with Crippen LogP contribution < -0.4 is 11.1 Å². The number of likely N-dealkylation sites (N-methyl/N-ethyl adjacent to an activating group) is 1. The van der Waals surface area contributed by atoms with Crippen LogP contribution in [0, 0.1) is 0 Å². The molecule has 0 radical (unpaired) electrons. The Hall–Kier alpha value is -1.46. The van der Waals surface area contributed by atoms with Crippen LogP contribution in [0.1, 0.15) is 23.4 Å². The predicted octanol–water partition coefficient (Wildman–Crippen LogP) is 2.01. The van der Waals surface area contributed by atoms with E-state index in [9.17, 15) is 0 Å². The van der Waals surface area contributed by atoms with Crippen molar-refractivity contribution in [2.45, 2.75) is 19.4 Å². The third kappa shape index (κ3) is 3.01. The molecular formula is C12H16N4S. The summed E-state index contributed by atoms with van der Waals surface area (Å²) in [5.41, 5.74) is 9.67. The highest BCUT2D eigenvalue weighted by Gasteiger charge is 2.14. The summed E-state index contributed by atoms with van der Waals surface area (Å²) in [6.07, 6.45) is 6.30. The first-order chi connectivity index (χ1) is 8.31. The van der Waals surface area contributed by atoms with Crippen molar-refractivity contribution in [3.8, 4) is 0 Å². The third-order valence-corrected chi connectivity index (χ3v) is 3.50. The fourth-order valence-corrected chi connectivity index (χ4v) is 2.44. The maximum Gasteiger partial charge on any atom is 0.0794 e. The van der Waals surface area contributed by atoms with Crippen molar-refractivity contribution in [3.05, 3.63) is 40.6 Å². The van der Waals surface area contributed by atoms with Crippen LogP contribution in [-0.2, 0) is 6.42 Å². The van der Waals surface area contributed by atoms with E-state index < -0.39 is 0 Å². The van der Waals surface area contributed by atoms with E-state index in [0.29, 0.717) is 0 Å². The quantitative estimate of drug-likeness (QED) is 0.849. The van der Waals surface area contributed by atoms with Crippen LogP contribution in [0.2, 0.25) is 0 Å². The molecule has 4 nitrogen and oxygen atoms in total. The molecule has 1 atom stereocenters. The molecule has 0 aliphatic carbocycles. The molecule has 0 spiro atoms. The van der Waals surface area contributed by atoms with Crippen molar-refractivity contribution >= 4 is 17.0 Å². The second-order valence-electron chi connectivity index (χ2n) is 3.79. The number of rotatable bonds is 5. The van der Waals surface area contributed by atoms with Crippen LogP contribution in [0.25, 0.3) is 0 Å². The Kier molecular flexibility index (Phi) is 4.06. The number of nitrogen functional groups attached to an aromatic ring is 1. The van der Waals surface area contributed by atoms with Crippen molar-refractivity contribution in [1.82, 2.24) is 15.3 Å². The van der Waals surface area contributed by atoms with Crippen LogP contribution in [0.15, 0.2) is 30.2 Å². The molecule has 90 valence electrons. The predicted molar refractivity (Wildman–Crippen MR) is 70.9 cm³/mol. The molecule has 1 unspecified atom stereocenters. The lowest BCUT2D eigenvalue weighted by Gasteiger charge is -2.16. The van der Waals surface area contributed by atoms with Gasteiger partial charge in [0, 0.05) is 35.2 Å². The summed E-state index contributed by atoms with van der Waals surface area (Å²) in [4.78, 5) is 9.47. The molecule has 2 heterocycles. The number of hydrogen-bond donors (Lipinski definition) is 2. The minimum absolute atomic E-state index is 0.263. The van der Waals surface area contributed by atoms with Crippen LogP contribution in [0.4, 0.5) is 5.69 Å². The first kappa shape index (κ1) is 12.0. The number of nitrogens with zero attached hydrogens (tertiary/aromatic N) is 2. The molecule has 0 saturated heterocycles. The van der Waals surface area contributed by atoms with Crippen molar-refractivity contribution in [3.63, 3.8) is 0 Å². The van der Waals surface area contributed by atoms with Gasteiger partial charge in [-0.15, -0.1) is 11.3 Å². The van der Waals surface area contributed by atoms with E-state index in [2.05, 4.69) is 22.2 Å². The van der Waals surface area contributed by atoms with E-state index in [1.165, 1.54) is 4.88 Å². The smallest absolute Gasteiger partial charge is 0.0794 e. The monoisotopic (exact) mass is 248 g/mol. The molecule has 0 bridgehead atoms. The number of anilines is 1. The molecule has 2 rings (SSSR count). The maximum absolute atomic E-state index is 5.94. The Morgan fingerprint density at radius 3 is 2.94 bits per heavy atom. The Labute approximate surface area is 105 Å². The molecule has 3 N–H and O–H groups in total. The molecular weight excluding hydrogens is 232 g/mol. The zero-order valence-corrected chi connectivity index (χ0v) is 10.6. The van der Waals surface area contributed by atoms with Gasteiger partial charge in [0.05, 0.1) is 5.51 Å². The number of aromatic nitrogens is 2. The zero-order chi connectivity index (χ0) is 12.1. The number of nitrogens with one attached hydrogen (secondary N) is 1. The molecule has 0 aliphatic heterocycles. The normalized spacial score (nSPS) is 12.5. The van der Waals surface area contributed by atoms with E-state index in [1.54, 1.807) is 17.5 Å².